The Balaban J connectivity index is 1.96. The summed E-state index contributed by atoms with van der Waals surface area (Å²) in [6.45, 7) is 4.44. The standard InChI is InChI=1S/C18H18FNO2/c1-12(2)20-14(9-13-10-15(21)7-8-17(13)20)11-22-18-6-4-3-5-16(18)19/h3-10,12,21H,11H2,1-2H3. The van der Waals surface area contributed by atoms with Crippen LogP contribution in [0, 0.1) is 5.82 Å². The third kappa shape index (κ3) is 2.64. The molecule has 0 aliphatic heterocycles. The molecule has 0 saturated carbocycles. The molecule has 3 aromatic rings. The van der Waals surface area contributed by atoms with Crippen molar-refractivity contribution in [1.29, 1.82) is 0 Å². The SMILES string of the molecule is CC(C)n1c(COc2ccccc2F)cc2cc(O)ccc21. The lowest BCUT2D eigenvalue weighted by Gasteiger charge is -2.15. The molecule has 0 radical (unpaired) electrons. The van der Waals surface area contributed by atoms with Crippen LogP contribution in [0.4, 0.5) is 4.39 Å². The maximum Gasteiger partial charge on any atom is 0.165 e. The fourth-order valence-corrected chi connectivity index (χ4v) is 2.72. The number of aromatic nitrogens is 1. The van der Waals surface area contributed by atoms with Gasteiger partial charge in [0.25, 0.3) is 0 Å². The first-order valence-corrected chi connectivity index (χ1v) is 7.26. The Kier molecular flexibility index (Phi) is 3.75. The van der Waals surface area contributed by atoms with Gasteiger partial charge >= 0.3 is 0 Å². The Hall–Kier alpha value is -2.49. The second-order valence-electron chi connectivity index (χ2n) is 5.56. The van der Waals surface area contributed by atoms with E-state index in [1.54, 1.807) is 30.3 Å². The van der Waals surface area contributed by atoms with Crippen molar-refractivity contribution in [3.8, 4) is 11.5 Å². The van der Waals surface area contributed by atoms with E-state index in [0.717, 1.165) is 16.6 Å². The maximum absolute atomic E-state index is 13.6. The lowest BCUT2D eigenvalue weighted by atomic mass is 10.2. The molecule has 0 spiro atoms. The number of fused-ring (bicyclic) bond motifs is 1. The summed E-state index contributed by atoms with van der Waals surface area (Å²) < 4.78 is 21.4. The average Bonchev–Trinajstić information content (AvgIpc) is 2.84. The lowest BCUT2D eigenvalue weighted by molar-refractivity contribution is 0.279. The van der Waals surface area contributed by atoms with Gasteiger partial charge in [-0.1, -0.05) is 12.1 Å². The highest BCUT2D eigenvalue weighted by molar-refractivity contribution is 5.83. The van der Waals surface area contributed by atoms with E-state index >= 15 is 0 Å². The van der Waals surface area contributed by atoms with Crippen LogP contribution in [0.25, 0.3) is 10.9 Å². The van der Waals surface area contributed by atoms with E-state index in [1.807, 2.05) is 12.1 Å². The molecule has 3 nitrogen and oxygen atoms in total. The number of benzene rings is 2. The van der Waals surface area contributed by atoms with Crippen LogP contribution in [-0.2, 0) is 6.61 Å². The molecule has 0 fully saturated rings. The molecule has 0 aliphatic rings. The molecule has 2 aromatic carbocycles. The summed E-state index contributed by atoms with van der Waals surface area (Å²) in [7, 11) is 0. The zero-order valence-electron chi connectivity index (χ0n) is 12.6. The second-order valence-corrected chi connectivity index (χ2v) is 5.56. The molecule has 3 rings (SSSR count). The number of halogens is 1. The van der Waals surface area contributed by atoms with Crippen molar-refractivity contribution in [2.75, 3.05) is 0 Å². The van der Waals surface area contributed by atoms with E-state index in [9.17, 15) is 9.50 Å². The molecular formula is C18H18FNO2. The van der Waals surface area contributed by atoms with Gasteiger partial charge in [0.15, 0.2) is 11.6 Å². The summed E-state index contributed by atoms with van der Waals surface area (Å²) in [5.41, 5.74) is 1.97. The Morgan fingerprint density at radius 2 is 1.91 bits per heavy atom. The first-order valence-electron chi connectivity index (χ1n) is 7.26. The molecule has 4 heteroatoms. The fourth-order valence-electron chi connectivity index (χ4n) is 2.72. The summed E-state index contributed by atoms with van der Waals surface area (Å²) in [6.07, 6.45) is 0. The third-order valence-corrected chi connectivity index (χ3v) is 3.63. The number of aromatic hydroxyl groups is 1. The molecule has 1 N–H and O–H groups in total. The zero-order chi connectivity index (χ0) is 15.7. The van der Waals surface area contributed by atoms with Crippen molar-refractivity contribution in [1.82, 2.24) is 4.57 Å². The molecule has 0 saturated heterocycles. The zero-order valence-corrected chi connectivity index (χ0v) is 12.6. The highest BCUT2D eigenvalue weighted by atomic mass is 19.1. The first kappa shape index (κ1) is 14.4. The van der Waals surface area contributed by atoms with Crippen LogP contribution >= 0.6 is 0 Å². The van der Waals surface area contributed by atoms with Crippen LogP contribution < -0.4 is 4.74 Å². The minimum Gasteiger partial charge on any atom is -0.508 e. The largest absolute Gasteiger partial charge is 0.508 e. The van der Waals surface area contributed by atoms with E-state index in [1.165, 1.54) is 6.07 Å². The molecule has 0 atom stereocenters. The summed E-state index contributed by atoms with van der Waals surface area (Å²) >= 11 is 0. The fraction of sp³-hybridized carbons (Fsp3) is 0.222. The van der Waals surface area contributed by atoms with Crippen LogP contribution in [0.5, 0.6) is 11.5 Å². The molecule has 0 bridgehead atoms. The highest BCUT2D eigenvalue weighted by Gasteiger charge is 2.13. The molecule has 114 valence electrons. The van der Waals surface area contributed by atoms with Gasteiger partial charge in [0.05, 0.1) is 5.69 Å². The number of rotatable bonds is 4. The van der Waals surface area contributed by atoms with Gasteiger partial charge in [-0.25, -0.2) is 4.39 Å². The third-order valence-electron chi connectivity index (χ3n) is 3.63. The van der Waals surface area contributed by atoms with Gasteiger partial charge in [0.2, 0.25) is 0 Å². The van der Waals surface area contributed by atoms with Gasteiger partial charge in [-0.05, 0) is 50.2 Å². The number of ether oxygens (including phenoxy) is 1. The Morgan fingerprint density at radius 1 is 1.14 bits per heavy atom. The molecule has 22 heavy (non-hydrogen) atoms. The van der Waals surface area contributed by atoms with Gasteiger partial charge in [-0.3, -0.25) is 0 Å². The first-order chi connectivity index (χ1) is 10.6. The van der Waals surface area contributed by atoms with Gasteiger partial charge in [-0.15, -0.1) is 0 Å². The lowest BCUT2D eigenvalue weighted by Crippen LogP contribution is -2.08. The topological polar surface area (TPSA) is 34.4 Å². The van der Waals surface area contributed by atoms with Crippen molar-refractivity contribution in [2.45, 2.75) is 26.5 Å². The second kappa shape index (κ2) is 5.72. The normalized spacial score (nSPS) is 11.3. The number of hydrogen-bond donors (Lipinski definition) is 1. The Bertz CT molecular complexity index is 808. The maximum atomic E-state index is 13.6. The van der Waals surface area contributed by atoms with Crippen LogP contribution in [0.3, 0.4) is 0 Å². The smallest absolute Gasteiger partial charge is 0.165 e. The molecule has 0 amide bonds. The van der Waals surface area contributed by atoms with Gasteiger partial charge in [0, 0.05) is 16.9 Å². The average molecular weight is 299 g/mol. The van der Waals surface area contributed by atoms with E-state index in [2.05, 4.69) is 18.4 Å². The summed E-state index contributed by atoms with van der Waals surface area (Å²) in [4.78, 5) is 0. The van der Waals surface area contributed by atoms with Crippen molar-refractivity contribution < 1.29 is 14.2 Å². The van der Waals surface area contributed by atoms with E-state index in [-0.39, 0.29) is 30.0 Å². The monoisotopic (exact) mass is 299 g/mol. The van der Waals surface area contributed by atoms with E-state index in [4.69, 9.17) is 4.74 Å². The predicted molar refractivity (Wildman–Crippen MR) is 84.7 cm³/mol. The summed E-state index contributed by atoms with van der Waals surface area (Å²) in [6, 6.07) is 13.9. The number of hydrogen-bond acceptors (Lipinski definition) is 2. The van der Waals surface area contributed by atoms with Crippen LogP contribution in [0.15, 0.2) is 48.5 Å². The van der Waals surface area contributed by atoms with Gasteiger partial charge in [-0.2, -0.15) is 0 Å². The van der Waals surface area contributed by atoms with Crippen molar-refractivity contribution in [3.05, 3.63) is 60.0 Å². The summed E-state index contributed by atoms with van der Waals surface area (Å²) in [5, 5.41) is 10.6. The summed E-state index contributed by atoms with van der Waals surface area (Å²) in [5.74, 6) is 0.105. The Labute approximate surface area is 128 Å². The minimum absolute atomic E-state index is 0.231. The van der Waals surface area contributed by atoms with Gasteiger partial charge < -0.3 is 14.4 Å². The van der Waals surface area contributed by atoms with Crippen LogP contribution in [-0.4, -0.2) is 9.67 Å². The Morgan fingerprint density at radius 3 is 2.64 bits per heavy atom. The van der Waals surface area contributed by atoms with Crippen molar-refractivity contribution in [3.63, 3.8) is 0 Å². The van der Waals surface area contributed by atoms with E-state index in [0.29, 0.717) is 0 Å². The molecular weight excluding hydrogens is 281 g/mol. The van der Waals surface area contributed by atoms with Crippen LogP contribution in [0.2, 0.25) is 0 Å². The number of nitrogens with zero attached hydrogens (tertiary/aromatic N) is 1. The van der Waals surface area contributed by atoms with Crippen molar-refractivity contribution in [2.24, 2.45) is 0 Å². The van der Waals surface area contributed by atoms with Crippen LogP contribution in [0.1, 0.15) is 25.6 Å². The highest BCUT2D eigenvalue weighted by Crippen LogP contribution is 2.28. The number of phenols is 1. The van der Waals surface area contributed by atoms with E-state index < -0.39 is 0 Å². The predicted octanol–water partition coefficient (Wildman–Crippen LogP) is 4.65. The van der Waals surface area contributed by atoms with Gasteiger partial charge in [0.1, 0.15) is 12.4 Å². The minimum atomic E-state index is -0.368. The van der Waals surface area contributed by atoms with Crippen molar-refractivity contribution >= 4 is 10.9 Å². The quantitative estimate of drug-likeness (QED) is 0.761. The molecule has 0 aliphatic carbocycles. The molecule has 1 aromatic heterocycles. The molecule has 0 unspecified atom stereocenters. The number of phenolic OH excluding ortho intramolecular Hbond substituents is 1. The number of para-hydroxylation sites is 1. The molecule has 1 heterocycles.